The molecule has 1 aliphatic heterocycles. The summed E-state index contributed by atoms with van der Waals surface area (Å²) in [5.74, 6) is 3.16. The van der Waals surface area contributed by atoms with Crippen LogP contribution in [0, 0.1) is 45.8 Å². The topological polar surface area (TPSA) is 53.3 Å². The first kappa shape index (κ1) is 22.4. The molecular formula is C30H38N2O2. The van der Waals surface area contributed by atoms with Crippen molar-refractivity contribution in [3.8, 4) is 6.07 Å². The number of nitriles is 1. The molecule has 0 bridgehead atoms. The lowest BCUT2D eigenvalue weighted by Gasteiger charge is -2.58. The van der Waals surface area contributed by atoms with Gasteiger partial charge in [-0.1, -0.05) is 18.6 Å². The Morgan fingerprint density at radius 2 is 1.85 bits per heavy atom. The maximum atomic E-state index is 12.7. The quantitative estimate of drug-likeness (QED) is 0.404. The van der Waals surface area contributed by atoms with Gasteiger partial charge in [-0.05, 0) is 118 Å². The fraction of sp³-hybridized carbons (Fsp3) is 0.667. The molecule has 6 rings (SSSR count). The molecule has 1 aromatic carbocycles. The van der Waals surface area contributed by atoms with Crippen LogP contribution in [0.3, 0.4) is 0 Å². The van der Waals surface area contributed by atoms with Crippen LogP contribution in [0.1, 0.15) is 81.1 Å². The minimum Gasteiger partial charge on any atom is -0.458 e. The number of esters is 1. The summed E-state index contributed by atoms with van der Waals surface area (Å²) >= 11 is 0. The molecule has 1 aromatic rings. The average molecular weight is 459 g/mol. The Labute approximate surface area is 204 Å². The van der Waals surface area contributed by atoms with Gasteiger partial charge in [0, 0.05) is 19.0 Å². The number of fused-ring (bicyclic) bond motifs is 4. The third-order valence-electron chi connectivity index (χ3n) is 11.2. The lowest BCUT2D eigenvalue weighted by molar-refractivity contribution is -0.0507. The molecule has 0 unspecified atom stereocenters. The molecule has 1 heterocycles. The molecule has 0 N–H and O–H groups in total. The summed E-state index contributed by atoms with van der Waals surface area (Å²) < 4.78 is 5.96. The number of carbonyl (C=O) groups is 1. The zero-order chi connectivity index (χ0) is 23.7. The van der Waals surface area contributed by atoms with Crippen molar-refractivity contribution in [3.05, 3.63) is 47.0 Å². The highest BCUT2D eigenvalue weighted by Gasteiger charge is 2.64. The second-order valence-corrected chi connectivity index (χ2v) is 12.3. The van der Waals surface area contributed by atoms with E-state index in [0.717, 1.165) is 49.0 Å². The first-order valence-electron chi connectivity index (χ1n) is 13.5. The van der Waals surface area contributed by atoms with Gasteiger partial charge in [0.1, 0.15) is 6.10 Å². The molecule has 0 radical (unpaired) electrons. The van der Waals surface area contributed by atoms with Crippen molar-refractivity contribution in [1.82, 2.24) is 4.90 Å². The Kier molecular flexibility index (Phi) is 5.23. The van der Waals surface area contributed by atoms with Crippen LogP contribution < -0.4 is 0 Å². The number of carbonyl (C=O) groups excluding carboxylic acids is 1. The first-order valence-corrected chi connectivity index (χ1v) is 13.5. The maximum Gasteiger partial charge on any atom is 0.338 e. The van der Waals surface area contributed by atoms with Gasteiger partial charge in [-0.25, -0.2) is 4.79 Å². The molecule has 1 spiro atoms. The van der Waals surface area contributed by atoms with Gasteiger partial charge in [-0.3, -0.25) is 0 Å². The van der Waals surface area contributed by atoms with E-state index < -0.39 is 0 Å². The standard InChI is InChI=1S/C30H38N2O2/c1-19-25-10-11-27-24-9-8-22-16-23(34-28(33)21-6-4-20(17-31)5-7-21)12-14-29(22,2)26(24)13-15-30(25,27)18-32(19)3/h4-8,19,23-27H,9-16,18H2,1-3H3/t19-,23-,24+,25+,26-,27-,29-,30-/m0/s1. The number of ether oxygens (including phenoxy) is 1. The Morgan fingerprint density at radius 3 is 2.62 bits per heavy atom. The molecular weight excluding hydrogens is 420 g/mol. The zero-order valence-electron chi connectivity index (χ0n) is 20.9. The van der Waals surface area contributed by atoms with E-state index in [1.165, 1.54) is 38.6 Å². The van der Waals surface area contributed by atoms with Crippen molar-refractivity contribution in [2.45, 2.75) is 77.4 Å². The minimum atomic E-state index is -0.261. The molecule has 180 valence electrons. The van der Waals surface area contributed by atoms with Crippen molar-refractivity contribution in [1.29, 1.82) is 5.26 Å². The van der Waals surface area contributed by atoms with Gasteiger partial charge in [-0.2, -0.15) is 5.26 Å². The van der Waals surface area contributed by atoms with Crippen molar-refractivity contribution in [2.75, 3.05) is 13.6 Å². The predicted molar refractivity (Wildman–Crippen MR) is 132 cm³/mol. The van der Waals surface area contributed by atoms with Crippen molar-refractivity contribution in [2.24, 2.45) is 34.5 Å². The molecule has 4 nitrogen and oxygen atoms in total. The lowest BCUT2D eigenvalue weighted by Crippen LogP contribution is -2.51. The largest absolute Gasteiger partial charge is 0.458 e. The molecule has 3 saturated carbocycles. The van der Waals surface area contributed by atoms with E-state index in [1.54, 1.807) is 29.8 Å². The smallest absolute Gasteiger partial charge is 0.338 e. The summed E-state index contributed by atoms with van der Waals surface area (Å²) in [6.45, 7) is 6.31. The molecule has 1 saturated heterocycles. The second kappa shape index (κ2) is 7.95. The highest BCUT2D eigenvalue weighted by atomic mass is 16.5. The minimum absolute atomic E-state index is 0.0332. The summed E-state index contributed by atoms with van der Waals surface area (Å²) in [5.41, 5.74) is 3.50. The van der Waals surface area contributed by atoms with Gasteiger partial charge in [0.25, 0.3) is 0 Å². The van der Waals surface area contributed by atoms with Crippen LogP contribution in [-0.2, 0) is 4.74 Å². The van der Waals surface area contributed by atoms with E-state index in [-0.39, 0.29) is 17.5 Å². The number of benzene rings is 1. The summed E-state index contributed by atoms with van der Waals surface area (Å²) in [7, 11) is 2.35. The normalized spacial score (nSPS) is 43.1. The molecule has 4 heteroatoms. The van der Waals surface area contributed by atoms with Gasteiger partial charge >= 0.3 is 5.97 Å². The molecule has 0 aromatic heterocycles. The highest BCUT2D eigenvalue weighted by molar-refractivity contribution is 5.89. The zero-order valence-corrected chi connectivity index (χ0v) is 20.9. The van der Waals surface area contributed by atoms with E-state index in [0.29, 0.717) is 16.5 Å². The lowest BCUT2D eigenvalue weighted by atomic mass is 9.47. The summed E-state index contributed by atoms with van der Waals surface area (Å²) in [4.78, 5) is 15.4. The molecule has 0 amide bonds. The van der Waals surface area contributed by atoms with E-state index in [4.69, 9.17) is 10.00 Å². The van der Waals surface area contributed by atoms with Gasteiger partial charge in [0.2, 0.25) is 0 Å². The number of rotatable bonds is 2. The Morgan fingerprint density at radius 1 is 1.09 bits per heavy atom. The van der Waals surface area contributed by atoms with Crippen molar-refractivity contribution in [3.63, 3.8) is 0 Å². The van der Waals surface area contributed by atoms with Crippen LogP contribution >= 0.6 is 0 Å². The number of allylic oxidation sites excluding steroid dienone is 1. The monoisotopic (exact) mass is 458 g/mol. The fourth-order valence-electron chi connectivity index (χ4n) is 9.43. The molecule has 8 atom stereocenters. The van der Waals surface area contributed by atoms with Gasteiger partial charge in [-0.15, -0.1) is 0 Å². The molecule has 4 fully saturated rings. The van der Waals surface area contributed by atoms with Crippen LogP contribution in [0.5, 0.6) is 0 Å². The number of hydrogen-bond acceptors (Lipinski definition) is 4. The first-order chi connectivity index (χ1) is 16.4. The number of nitrogens with zero attached hydrogens (tertiary/aromatic N) is 2. The van der Waals surface area contributed by atoms with Crippen LogP contribution in [0.2, 0.25) is 0 Å². The SMILES string of the molecule is C[C@H]1[C@H]2CC[C@H]3[C@@H]4CC=C5C[C@@H](OC(=O)c6ccc(C#N)cc6)CC[C@]5(C)[C@H]4CC[C@]23CN1C. The van der Waals surface area contributed by atoms with Crippen LogP contribution in [-0.4, -0.2) is 36.6 Å². The summed E-state index contributed by atoms with van der Waals surface area (Å²) in [5, 5.41) is 8.99. The number of hydrogen-bond donors (Lipinski definition) is 0. The third-order valence-corrected chi connectivity index (χ3v) is 11.2. The molecule has 5 aliphatic rings. The summed E-state index contributed by atoms with van der Waals surface area (Å²) in [6.07, 6.45) is 12.4. The van der Waals surface area contributed by atoms with E-state index >= 15 is 0 Å². The predicted octanol–water partition coefficient (Wildman–Crippen LogP) is 5.98. The van der Waals surface area contributed by atoms with Crippen molar-refractivity contribution < 1.29 is 9.53 Å². The van der Waals surface area contributed by atoms with Gasteiger partial charge in [0.15, 0.2) is 0 Å². The van der Waals surface area contributed by atoms with E-state index in [1.807, 2.05) is 0 Å². The van der Waals surface area contributed by atoms with Crippen LogP contribution in [0.25, 0.3) is 0 Å². The van der Waals surface area contributed by atoms with Crippen LogP contribution in [0.4, 0.5) is 0 Å². The third kappa shape index (κ3) is 3.15. The Balaban J connectivity index is 1.18. The molecule has 34 heavy (non-hydrogen) atoms. The van der Waals surface area contributed by atoms with Gasteiger partial charge in [0.05, 0.1) is 17.2 Å². The second-order valence-electron chi connectivity index (χ2n) is 12.3. The van der Waals surface area contributed by atoms with E-state index in [2.05, 4.69) is 37.9 Å². The fourth-order valence-corrected chi connectivity index (χ4v) is 9.43. The van der Waals surface area contributed by atoms with Crippen molar-refractivity contribution >= 4 is 5.97 Å². The maximum absolute atomic E-state index is 12.7. The van der Waals surface area contributed by atoms with Gasteiger partial charge < -0.3 is 9.64 Å². The molecule has 4 aliphatic carbocycles. The Bertz CT molecular complexity index is 1050. The average Bonchev–Trinajstić information content (AvgIpc) is 3.33. The summed E-state index contributed by atoms with van der Waals surface area (Å²) in [6, 6.07) is 9.62. The number of likely N-dealkylation sites (tertiary alicyclic amines) is 1. The van der Waals surface area contributed by atoms with E-state index in [9.17, 15) is 4.79 Å². The van der Waals surface area contributed by atoms with Crippen LogP contribution in [0.15, 0.2) is 35.9 Å². The highest BCUT2D eigenvalue weighted by Crippen LogP contribution is 2.68. The Hall–Kier alpha value is -2.12.